The lowest BCUT2D eigenvalue weighted by atomic mass is 9.98. The minimum atomic E-state index is -0.793. The zero-order valence-electron chi connectivity index (χ0n) is 42.5. The van der Waals surface area contributed by atoms with Crippen LogP contribution >= 0.6 is 0 Å². The number of nitrogens with zero attached hydrogens (tertiary/aromatic N) is 1. The van der Waals surface area contributed by atoms with Crippen molar-refractivity contribution in [2.45, 2.75) is 82.2 Å². The third-order valence-electron chi connectivity index (χ3n) is 13.2. The van der Waals surface area contributed by atoms with Crippen molar-refractivity contribution in [3.05, 3.63) is 178 Å². The molecule has 4 fully saturated rings. The first kappa shape index (κ1) is 51.3. The van der Waals surface area contributed by atoms with Crippen molar-refractivity contribution in [1.82, 2.24) is 4.90 Å². The lowest BCUT2D eigenvalue weighted by molar-refractivity contribution is 0.0196. The first-order chi connectivity index (χ1) is 36.2. The molecular weight excluding hydrogens is 939 g/mol. The van der Waals surface area contributed by atoms with Gasteiger partial charge in [0.05, 0.1) is 26.4 Å². The van der Waals surface area contributed by atoms with Gasteiger partial charge < -0.3 is 57.6 Å². The second-order valence-electron chi connectivity index (χ2n) is 20.2. The molecule has 6 atom stereocenters. The second kappa shape index (κ2) is 24.9. The van der Waals surface area contributed by atoms with Crippen molar-refractivity contribution >= 4 is 0 Å². The number of ether oxygens (including phenoxy) is 10. The molecule has 6 aromatic rings. The van der Waals surface area contributed by atoms with E-state index in [-0.39, 0.29) is 43.7 Å². The lowest BCUT2D eigenvalue weighted by Crippen LogP contribution is -2.45. The molecule has 0 radical (unpaired) electrons. The van der Waals surface area contributed by atoms with Crippen LogP contribution in [0, 0.1) is 0 Å². The first-order valence-corrected chi connectivity index (χ1v) is 26.1. The van der Waals surface area contributed by atoms with Gasteiger partial charge in [-0.15, -0.1) is 0 Å². The number of hydrogen-bond donors (Lipinski definition) is 2. The van der Waals surface area contributed by atoms with Crippen molar-refractivity contribution in [1.29, 1.82) is 0 Å². The highest BCUT2D eigenvalue weighted by Gasteiger charge is 2.27. The molecule has 10 rings (SSSR count). The van der Waals surface area contributed by atoms with Gasteiger partial charge in [0, 0.05) is 32.0 Å². The van der Waals surface area contributed by atoms with Gasteiger partial charge in [0.1, 0.15) is 111 Å². The number of epoxide rings is 4. The van der Waals surface area contributed by atoms with Gasteiger partial charge in [-0.1, -0.05) is 72.8 Å². The molecule has 0 saturated carbocycles. The standard InChI is InChI=1S/C61H69NO12/c1-41(2)62(29-50(63)31-65-52-13-7-9-42(23-52)17-44-19-46(27-54(25-44)67-33-56-35-69-56)21-48-11-3-5-15-60(48)73-39-58-37-71-58)30-51(64)32-66-53-14-8-10-43(24-53)18-45-20-47(28-55(26-45)68-34-57-36-70-57)22-49-12-4-6-16-61(49)74-40-59-38-72-59/h3-16,19-20,23-28,41,50-51,56-59,63-64H,17-18,21-22,29-40H2,1-2H3. The highest BCUT2D eigenvalue weighted by Crippen LogP contribution is 2.30. The van der Waals surface area contributed by atoms with Gasteiger partial charge in [-0.3, -0.25) is 4.90 Å². The van der Waals surface area contributed by atoms with Crippen LogP contribution in [0.4, 0.5) is 0 Å². The maximum absolute atomic E-state index is 11.2. The Kier molecular flexibility index (Phi) is 17.3. The molecule has 0 bridgehead atoms. The largest absolute Gasteiger partial charge is 0.491 e. The summed E-state index contributed by atoms with van der Waals surface area (Å²) in [5.41, 5.74) is 8.82. The molecule has 4 aliphatic rings. The maximum Gasteiger partial charge on any atom is 0.122 e. The van der Waals surface area contributed by atoms with Gasteiger partial charge in [0.15, 0.2) is 0 Å². The average Bonchev–Trinajstić information content (AvgIpc) is 4.17. The molecule has 0 spiro atoms. The van der Waals surface area contributed by atoms with E-state index in [1.807, 2.05) is 72.8 Å². The maximum atomic E-state index is 11.2. The molecule has 0 aliphatic carbocycles. The van der Waals surface area contributed by atoms with Gasteiger partial charge in [-0.2, -0.15) is 0 Å². The van der Waals surface area contributed by atoms with Crippen molar-refractivity contribution in [2.24, 2.45) is 0 Å². The van der Waals surface area contributed by atoms with Crippen LogP contribution in [0.25, 0.3) is 0 Å². The summed E-state index contributed by atoms with van der Waals surface area (Å²) in [5.74, 6) is 4.70. The molecule has 4 saturated heterocycles. The average molecular weight is 1010 g/mol. The summed E-state index contributed by atoms with van der Waals surface area (Å²) >= 11 is 0. The Balaban J connectivity index is 0.711. The lowest BCUT2D eigenvalue weighted by Gasteiger charge is -2.30. The van der Waals surface area contributed by atoms with Crippen molar-refractivity contribution < 1.29 is 57.6 Å². The van der Waals surface area contributed by atoms with E-state index in [1.54, 1.807) is 0 Å². The summed E-state index contributed by atoms with van der Waals surface area (Å²) in [5, 5.41) is 22.5. The van der Waals surface area contributed by atoms with Crippen LogP contribution in [0.2, 0.25) is 0 Å². The predicted octanol–water partition coefficient (Wildman–Crippen LogP) is 8.05. The van der Waals surface area contributed by atoms with E-state index in [9.17, 15) is 10.2 Å². The van der Waals surface area contributed by atoms with Crippen LogP contribution in [0.3, 0.4) is 0 Å². The molecule has 6 unspecified atom stereocenters. The zero-order chi connectivity index (χ0) is 50.6. The summed E-state index contributed by atoms with van der Waals surface area (Å²) in [7, 11) is 0. The van der Waals surface area contributed by atoms with Gasteiger partial charge >= 0.3 is 0 Å². The van der Waals surface area contributed by atoms with Gasteiger partial charge in [-0.25, -0.2) is 0 Å². The Morgan fingerprint density at radius 1 is 0.419 bits per heavy atom. The third-order valence-corrected chi connectivity index (χ3v) is 13.2. The predicted molar refractivity (Wildman–Crippen MR) is 281 cm³/mol. The molecule has 0 aromatic heterocycles. The van der Waals surface area contributed by atoms with E-state index in [0.29, 0.717) is 76.7 Å². The summed E-state index contributed by atoms with van der Waals surface area (Å²) in [4.78, 5) is 2.05. The monoisotopic (exact) mass is 1010 g/mol. The fraction of sp³-hybridized carbons (Fsp3) is 0.410. The molecule has 13 heteroatoms. The van der Waals surface area contributed by atoms with Crippen LogP contribution in [-0.2, 0) is 44.6 Å². The zero-order valence-corrected chi connectivity index (χ0v) is 42.5. The van der Waals surface area contributed by atoms with Crippen LogP contribution in [0.1, 0.15) is 58.4 Å². The van der Waals surface area contributed by atoms with Crippen molar-refractivity contribution in [2.75, 3.05) is 79.2 Å². The topological polar surface area (TPSA) is 149 Å². The highest BCUT2D eigenvalue weighted by atomic mass is 16.6. The Hall–Kier alpha value is -6.16. The van der Waals surface area contributed by atoms with E-state index < -0.39 is 12.2 Å². The Morgan fingerprint density at radius 2 is 0.784 bits per heavy atom. The third kappa shape index (κ3) is 16.4. The fourth-order valence-electron chi connectivity index (χ4n) is 8.94. The first-order valence-electron chi connectivity index (χ1n) is 26.1. The molecule has 0 amide bonds. The van der Waals surface area contributed by atoms with Gasteiger partial charge in [0.2, 0.25) is 0 Å². The summed E-state index contributed by atoms with van der Waals surface area (Å²) in [6.07, 6.45) is 1.77. The van der Waals surface area contributed by atoms with Crippen LogP contribution in [0.5, 0.6) is 34.5 Å². The van der Waals surface area contributed by atoms with E-state index in [0.717, 1.165) is 93.9 Å². The summed E-state index contributed by atoms with van der Waals surface area (Å²) in [6.45, 7) is 10.0. The molecule has 74 heavy (non-hydrogen) atoms. The number of hydrogen-bond acceptors (Lipinski definition) is 13. The summed E-state index contributed by atoms with van der Waals surface area (Å²) < 4.78 is 58.6. The Labute approximate surface area is 434 Å². The SMILES string of the molecule is CC(C)N(CC(O)COc1cccc(Cc2cc(Cc3ccccc3OCC3CO3)cc(OCC3CO3)c2)c1)CC(O)COc1cccc(Cc2cc(Cc3ccccc3OCC3CO3)cc(OCC3CO3)c2)c1. The van der Waals surface area contributed by atoms with Crippen molar-refractivity contribution in [3.63, 3.8) is 0 Å². The molecular formula is C61H69NO12. The normalized spacial score (nSPS) is 19.2. The number of aliphatic hydroxyl groups excluding tert-OH is 2. The molecule has 6 aromatic carbocycles. The van der Waals surface area contributed by atoms with E-state index >= 15 is 0 Å². The van der Waals surface area contributed by atoms with Crippen molar-refractivity contribution in [3.8, 4) is 34.5 Å². The van der Waals surface area contributed by atoms with Gasteiger partial charge in [0.25, 0.3) is 0 Å². The highest BCUT2D eigenvalue weighted by molar-refractivity contribution is 5.45. The number of rotatable bonds is 31. The van der Waals surface area contributed by atoms with Gasteiger partial charge in [-0.05, 0) is 132 Å². The quantitative estimate of drug-likeness (QED) is 0.0405. The smallest absolute Gasteiger partial charge is 0.122 e. The Morgan fingerprint density at radius 3 is 1.18 bits per heavy atom. The second-order valence-corrected chi connectivity index (χ2v) is 20.2. The minimum absolute atomic E-state index is 0.0607. The number of para-hydroxylation sites is 2. The van der Waals surface area contributed by atoms with Crippen LogP contribution < -0.4 is 28.4 Å². The fourth-order valence-corrected chi connectivity index (χ4v) is 8.94. The van der Waals surface area contributed by atoms with Crippen LogP contribution in [-0.4, -0.2) is 137 Å². The number of aliphatic hydroxyl groups is 2. The van der Waals surface area contributed by atoms with Crippen LogP contribution in [0.15, 0.2) is 133 Å². The van der Waals surface area contributed by atoms with E-state index in [2.05, 4.69) is 79.4 Å². The molecule has 13 nitrogen and oxygen atoms in total. The van der Waals surface area contributed by atoms with E-state index in [4.69, 9.17) is 47.4 Å². The molecule has 2 N–H and O–H groups in total. The Bertz CT molecular complexity index is 2570. The van der Waals surface area contributed by atoms with E-state index in [1.165, 1.54) is 0 Å². The number of benzene rings is 6. The molecule has 4 heterocycles. The molecule has 390 valence electrons. The minimum Gasteiger partial charge on any atom is -0.491 e. The summed E-state index contributed by atoms with van der Waals surface area (Å²) in [6, 6.07) is 45.2. The molecule has 4 aliphatic heterocycles.